The zero-order chi connectivity index (χ0) is 19.7. The van der Waals surface area contributed by atoms with Crippen LogP contribution in [0.25, 0.3) is 21.8 Å². The summed E-state index contributed by atoms with van der Waals surface area (Å²) < 4.78 is 2.21. The van der Waals surface area contributed by atoms with Gasteiger partial charge in [-0.1, -0.05) is 68.1 Å². The monoisotopic (exact) mass is 390 g/mol. The third kappa shape index (κ3) is 3.76. The van der Waals surface area contributed by atoms with E-state index in [9.17, 15) is 9.90 Å². The van der Waals surface area contributed by atoms with Gasteiger partial charge in [-0.2, -0.15) is 0 Å². The average molecular weight is 391 g/mol. The van der Waals surface area contributed by atoms with Crippen molar-refractivity contribution in [3.05, 3.63) is 71.8 Å². The Bertz CT molecular complexity index is 1160. The molecule has 142 valence electrons. The molecule has 1 aromatic heterocycles. The fourth-order valence-electron chi connectivity index (χ4n) is 3.37. The van der Waals surface area contributed by atoms with Gasteiger partial charge in [-0.15, -0.1) is 0 Å². The minimum absolute atomic E-state index is 0.271. The van der Waals surface area contributed by atoms with Gasteiger partial charge in [-0.3, -0.25) is 0 Å². The molecular weight excluding hydrogens is 368 g/mol. The Hall–Kier alpha value is -2.79. The van der Waals surface area contributed by atoms with Gasteiger partial charge in [0.1, 0.15) is 0 Å². The number of imidazole rings is 1. The molecular formula is C23H22N2O2S. The van der Waals surface area contributed by atoms with Crippen LogP contribution in [-0.4, -0.2) is 20.6 Å². The van der Waals surface area contributed by atoms with Crippen molar-refractivity contribution in [2.45, 2.75) is 31.3 Å². The molecule has 0 fully saturated rings. The SMILES string of the molecule is CC(C)Cn1c(SCc2ccc3ccccc3c2)nc2cc(C(=O)O)ccc21. The fraction of sp³-hybridized carbons (Fsp3) is 0.217. The Balaban J connectivity index is 1.66. The Morgan fingerprint density at radius 1 is 1.07 bits per heavy atom. The largest absolute Gasteiger partial charge is 0.478 e. The third-order valence-corrected chi connectivity index (χ3v) is 5.74. The van der Waals surface area contributed by atoms with Gasteiger partial charge in [0.25, 0.3) is 0 Å². The molecule has 0 unspecified atom stereocenters. The highest BCUT2D eigenvalue weighted by atomic mass is 32.2. The van der Waals surface area contributed by atoms with Gasteiger partial charge in [0.15, 0.2) is 5.16 Å². The highest BCUT2D eigenvalue weighted by Crippen LogP contribution is 2.29. The molecule has 0 saturated heterocycles. The second-order valence-electron chi connectivity index (χ2n) is 7.38. The number of hydrogen-bond acceptors (Lipinski definition) is 3. The summed E-state index contributed by atoms with van der Waals surface area (Å²) in [6.45, 7) is 5.20. The molecule has 1 N–H and O–H groups in total. The lowest BCUT2D eigenvalue weighted by atomic mass is 10.1. The van der Waals surface area contributed by atoms with Crippen molar-refractivity contribution in [2.75, 3.05) is 0 Å². The summed E-state index contributed by atoms with van der Waals surface area (Å²) in [7, 11) is 0. The van der Waals surface area contributed by atoms with E-state index in [0.717, 1.165) is 28.5 Å². The summed E-state index contributed by atoms with van der Waals surface area (Å²) in [5.41, 5.74) is 3.24. The van der Waals surface area contributed by atoms with Crippen LogP contribution >= 0.6 is 11.8 Å². The van der Waals surface area contributed by atoms with Gasteiger partial charge in [0, 0.05) is 12.3 Å². The Morgan fingerprint density at radius 3 is 2.61 bits per heavy atom. The number of thioether (sulfide) groups is 1. The minimum atomic E-state index is -0.925. The van der Waals surface area contributed by atoms with Crippen molar-refractivity contribution in [3.8, 4) is 0 Å². The lowest BCUT2D eigenvalue weighted by Gasteiger charge is -2.11. The standard InChI is InChI=1S/C23H22N2O2S/c1-15(2)13-25-21-10-9-19(22(26)27)12-20(21)24-23(25)28-14-16-7-8-17-5-3-4-6-18(17)11-16/h3-12,15H,13-14H2,1-2H3,(H,26,27). The topological polar surface area (TPSA) is 55.1 Å². The summed E-state index contributed by atoms with van der Waals surface area (Å²) in [5.74, 6) is 0.361. The number of fused-ring (bicyclic) bond motifs is 2. The van der Waals surface area contributed by atoms with Crippen molar-refractivity contribution >= 4 is 39.5 Å². The van der Waals surface area contributed by atoms with Crippen molar-refractivity contribution in [3.63, 3.8) is 0 Å². The van der Waals surface area contributed by atoms with E-state index in [1.165, 1.54) is 16.3 Å². The molecule has 0 aliphatic heterocycles. The van der Waals surface area contributed by atoms with Crippen molar-refractivity contribution in [1.29, 1.82) is 0 Å². The van der Waals surface area contributed by atoms with Crippen LogP contribution in [0.15, 0.2) is 65.8 Å². The van der Waals surface area contributed by atoms with E-state index in [4.69, 9.17) is 4.98 Å². The van der Waals surface area contributed by atoms with Crippen LogP contribution in [0.3, 0.4) is 0 Å². The second-order valence-corrected chi connectivity index (χ2v) is 8.32. The molecule has 4 rings (SSSR count). The number of aromatic carboxylic acids is 1. The first-order valence-electron chi connectivity index (χ1n) is 9.35. The lowest BCUT2D eigenvalue weighted by Crippen LogP contribution is -2.06. The smallest absolute Gasteiger partial charge is 0.335 e. The van der Waals surface area contributed by atoms with E-state index < -0.39 is 5.97 Å². The predicted octanol–water partition coefficient (Wildman–Crippen LogP) is 5.84. The quantitative estimate of drug-likeness (QED) is 0.421. The second kappa shape index (κ2) is 7.68. The van der Waals surface area contributed by atoms with Crippen LogP contribution in [0, 0.1) is 5.92 Å². The van der Waals surface area contributed by atoms with Crippen LogP contribution in [-0.2, 0) is 12.3 Å². The number of hydrogen-bond donors (Lipinski definition) is 1. The fourth-order valence-corrected chi connectivity index (χ4v) is 4.34. The predicted molar refractivity (Wildman–Crippen MR) is 115 cm³/mol. The maximum atomic E-state index is 11.3. The van der Waals surface area contributed by atoms with E-state index >= 15 is 0 Å². The number of aromatic nitrogens is 2. The summed E-state index contributed by atoms with van der Waals surface area (Å²) in [6, 6.07) is 20.1. The highest BCUT2D eigenvalue weighted by molar-refractivity contribution is 7.98. The van der Waals surface area contributed by atoms with Gasteiger partial charge in [0.05, 0.1) is 16.6 Å². The molecule has 4 aromatic rings. The zero-order valence-electron chi connectivity index (χ0n) is 15.9. The zero-order valence-corrected chi connectivity index (χ0v) is 16.7. The van der Waals surface area contributed by atoms with Crippen LogP contribution in [0.4, 0.5) is 0 Å². The summed E-state index contributed by atoms with van der Waals surface area (Å²) in [6.07, 6.45) is 0. The van der Waals surface area contributed by atoms with E-state index in [1.54, 1.807) is 23.9 Å². The van der Waals surface area contributed by atoms with E-state index in [1.807, 2.05) is 6.07 Å². The van der Waals surface area contributed by atoms with Crippen LogP contribution in [0.2, 0.25) is 0 Å². The summed E-state index contributed by atoms with van der Waals surface area (Å²) >= 11 is 1.70. The molecule has 0 saturated carbocycles. The maximum Gasteiger partial charge on any atom is 0.335 e. The van der Waals surface area contributed by atoms with Gasteiger partial charge in [-0.25, -0.2) is 9.78 Å². The molecule has 0 radical (unpaired) electrons. The van der Waals surface area contributed by atoms with Crippen molar-refractivity contribution in [2.24, 2.45) is 5.92 Å². The lowest BCUT2D eigenvalue weighted by molar-refractivity contribution is 0.0697. The number of carboxylic acid groups (broad SMARTS) is 1. The van der Waals surface area contributed by atoms with Crippen LogP contribution in [0.1, 0.15) is 29.8 Å². The van der Waals surface area contributed by atoms with E-state index in [2.05, 4.69) is 60.9 Å². The molecule has 0 aliphatic rings. The molecule has 1 heterocycles. The van der Waals surface area contributed by atoms with Gasteiger partial charge in [0.2, 0.25) is 0 Å². The molecule has 5 heteroatoms. The number of carboxylic acids is 1. The van der Waals surface area contributed by atoms with Crippen molar-refractivity contribution < 1.29 is 9.90 Å². The Morgan fingerprint density at radius 2 is 1.86 bits per heavy atom. The van der Waals surface area contributed by atoms with Crippen LogP contribution in [0.5, 0.6) is 0 Å². The van der Waals surface area contributed by atoms with Gasteiger partial charge >= 0.3 is 5.97 Å². The number of carbonyl (C=O) groups is 1. The number of rotatable bonds is 6. The average Bonchev–Trinajstić information content (AvgIpc) is 3.02. The maximum absolute atomic E-state index is 11.3. The molecule has 3 aromatic carbocycles. The first-order valence-corrected chi connectivity index (χ1v) is 10.3. The Labute approximate surface area is 168 Å². The molecule has 0 amide bonds. The molecule has 4 nitrogen and oxygen atoms in total. The molecule has 28 heavy (non-hydrogen) atoms. The van der Waals surface area contributed by atoms with E-state index in [0.29, 0.717) is 5.92 Å². The highest BCUT2D eigenvalue weighted by Gasteiger charge is 2.15. The van der Waals surface area contributed by atoms with Crippen LogP contribution < -0.4 is 0 Å². The van der Waals surface area contributed by atoms with Crippen molar-refractivity contribution in [1.82, 2.24) is 9.55 Å². The third-order valence-electron chi connectivity index (χ3n) is 4.69. The first-order chi connectivity index (χ1) is 13.5. The normalized spacial score (nSPS) is 11.5. The summed E-state index contributed by atoms with van der Waals surface area (Å²) in [5, 5.41) is 12.7. The Kier molecular flexibility index (Phi) is 5.09. The first kappa shape index (κ1) is 18.6. The molecule has 0 aliphatic carbocycles. The summed E-state index contributed by atoms with van der Waals surface area (Å²) in [4.78, 5) is 16.0. The molecule has 0 spiro atoms. The van der Waals surface area contributed by atoms with Gasteiger partial charge in [-0.05, 0) is 40.5 Å². The molecule has 0 atom stereocenters. The van der Waals surface area contributed by atoms with Gasteiger partial charge < -0.3 is 9.67 Å². The molecule has 0 bridgehead atoms. The number of benzene rings is 3. The van der Waals surface area contributed by atoms with E-state index in [-0.39, 0.29) is 5.56 Å². The minimum Gasteiger partial charge on any atom is -0.478 e. The number of nitrogens with zero attached hydrogens (tertiary/aromatic N) is 2.